The molecule has 0 radical (unpaired) electrons. The van der Waals surface area contributed by atoms with Crippen molar-refractivity contribution in [2.75, 3.05) is 26.2 Å². The van der Waals surface area contributed by atoms with E-state index in [1.165, 1.54) is 0 Å². The van der Waals surface area contributed by atoms with E-state index in [9.17, 15) is 4.79 Å². The molecule has 1 saturated heterocycles. The largest absolute Gasteiger partial charge is 0.481 e. The standard InChI is InChI=1S/C14H19NO3/c1-14(12-5-3-2-4-6-12)11-15(9-10-18-14)8-7-13(16)17/h2-6H,7-11H2,1H3,(H,16,17)/t14-/m0/s1. The van der Waals surface area contributed by atoms with E-state index < -0.39 is 5.97 Å². The SMILES string of the molecule is C[C@@]1(c2ccccc2)CN(CCC(=O)O)CCO1. The summed E-state index contributed by atoms with van der Waals surface area (Å²) in [6.07, 6.45) is 0.185. The van der Waals surface area contributed by atoms with Crippen molar-refractivity contribution in [2.45, 2.75) is 18.9 Å². The number of rotatable bonds is 4. The summed E-state index contributed by atoms with van der Waals surface area (Å²) < 4.78 is 5.90. The van der Waals surface area contributed by atoms with Gasteiger partial charge in [-0.05, 0) is 12.5 Å². The quantitative estimate of drug-likeness (QED) is 0.882. The van der Waals surface area contributed by atoms with Crippen LogP contribution in [-0.2, 0) is 15.1 Å². The molecule has 1 aliphatic rings. The molecule has 1 aromatic rings. The van der Waals surface area contributed by atoms with Crippen LogP contribution in [0.5, 0.6) is 0 Å². The molecule has 0 saturated carbocycles. The molecule has 0 amide bonds. The minimum absolute atomic E-state index is 0.185. The first-order valence-electron chi connectivity index (χ1n) is 6.24. The van der Waals surface area contributed by atoms with Crippen LogP contribution >= 0.6 is 0 Å². The number of carboxylic acids is 1. The van der Waals surface area contributed by atoms with Gasteiger partial charge in [0.25, 0.3) is 0 Å². The van der Waals surface area contributed by atoms with Crippen LogP contribution in [-0.4, -0.2) is 42.2 Å². The fourth-order valence-corrected chi connectivity index (χ4v) is 2.36. The Kier molecular flexibility index (Phi) is 3.99. The van der Waals surface area contributed by atoms with Gasteiger partial charge in [-0.25, -0.2) is 0 Å². The van der Waals surface area contributed by atoms with Crippen LogP contribution in [0.2, 0.25) is 0 Å². The molecule has 4 nitrogen and oxygen atoms in total. The number of hydrogen-bond acceptors (Lipinski definition) is 3. The lowest BCUT2D eigenvalue weighted by molar-refractivity contribution is -0.139. The summed E-state index contributed by atoms with van der Waals surface area (Å²) in [4.78, 5) is 12.8. The predicted molar refractivity (Wildman–Crippen MR) is 68.4 cm³/mol. The van der Waals surface area contributed by atoms with E-state index in [0.29, 0.717) is 13.2 Å². The molecule has 1 fully saturated rings. The second-order valence-corrected chi connectivity index (χ2v) is 4.87. The van der Waals surface area contributed by atoms with Crippen molar-refractivity contribution in [2.24, 2.45) is 0 Å². The van der Waals surface area contributed by atoms with Crippen molar-refractivity contribution >= 4 is 5.97 Å². The van der Waals surface area contributed by atoms with Crippen molar-refractivity contribution in [1.29, 1.82) is 0 Å². The number of morpholine rings is 1. The second kappa shape index (κ2) is 5.50. The van der Waals surface area contributed by atoms with Crippen molar-refractivity contribution in [1.82, 2.24) is 4.90 Å². The number of aliphatic carboxylic acids is 1. The molecule has 98 valence electrons. The Morgan fingerprint density at radius 3 is 2.83 bits per heavy atom. The van der Waals surface area contributed by atoms with Gasteiger partial charge in [-0.2, -0.15) is 0 Å². The highest BCUT2D eigenvalue weighted by atomic mass is 16.5. The average molecular weight is 249 g/mol. The van der Waals surface area contributed by atoms with Crippen LogP contribution in [0, 0.1) is 0 Å². The smallest absolute Gasteiger partial charge is 0.304 e. The van der Waals surface area contributed by atoms with Crippen LogP contribution in [0.15, 0.2) is 30.3 Å². The van der Waals surface area contributed by atoms with Gasteiger partial charge < -0.3 is 9.84 Å². The van der Waals surface area contributed by atoms with Gasteiger partial charge in [-0.3, -0.25) is 9.69 Å². The summed E-state index contributed by atoms with van der Waals surface area (Å²) >= 11 is 0. The second-order valence-electron chi connectivity index (χ2n) is 4.87. The lowest BCUT2D eigenvalue weighted by Gasteiger charge is -2.40. The number of hydrogen-bond donors (Lipinski definition) is 1. The number of carbonyl (C=O) groups is 1. The van der Waals surface area contributed by atoms with Gasteiger partial charge in [0.1, 0.15) is 5.60 Å². The summed E-state index contributed by atoms with van der Waals surface area (Å²) in [5, 5.41) is 8.73. The maximum absolute atomic E-state index is 10.6. The molecule has 0 aliphatic carbocycles. The number of carboxylic acid groups (broad SMARTS) is 1. The van der Waals surface area contributed by atoms with Crippen molar-refractivity contribution < 1.29 is 14.6 Å². The third-order valence-corrected chi connectivity index (χ3v) is 3.38. The molecular formula is C14H19NO3. The zero-order chi connectivity index (χ0) is 13.0. The van der Waals surface area contributed by atoms with Crippen molar-refractivity contribution in [3.05, 3.63) is 35.9 Å². The molecule has 1 aromatic carbocycles. The molecule has 1 N–H and O–H groups in total. The Morgan fingerprint density at radius 1 is 1.44 bits per heavy atom. The Labute approximate surface area is 107 Å². The van der Waals surface area contributed by atoms with Crippen LogP contribution in [0.3, 0.4) is 0 Å². The fraction of sp³-hybridized carbons (Fsp3) is 0.500. The zero-order valence-corrected chi connectivity index (χ0v) is 10.6. The first-order chi connectivity index (χ1) is 8.60. The number of ether oxygens (including phenoxy) is 1. The molecule has 0 bridgehead atoms. The topological polar surface area (TPSA) is 49.8 Å². The Bertz CT molecular complexity index is 407. The molecule has 0 unspecified atom stereocenters. The normalized spacial score (nSPS) is 24.9. The maximum atomic E-state index is 10.6. The molecule has 1 aliphatic heterocycles. The Balaban J connectivity index is 2.03. The van der Waals surface area contributed by atoms with E-state index in [2.05, 4.69) is 24.0 Å². The van der Waals surface area contributed by atoms with Gasteiger partial charge in [0.15, 0.2) is 0 Å². The highest BCUT2D eigenvalue weighted by Gasteiger charge is 2.33. The lowest BCUT2D eigenvalue weighted by atomic mass is 9.94. The van der Waals surface area contributed by atoms with E-state index in [-0.39, 0.29) is 12.0 Å². The van der Waals surface area contributed by atoms with Crippen molar-refractivity contribution in [3.63, 3.8) is 0 Å². The Morgan fingerprint density at radius 2 is 2.17 bits per heavy atom. The fourth-order valence-electron chi connectivity index (χ4n) is 2.36. The maximum Gasteiger partial charge on any atom is 0.304 e. The molecule has 4 heteroatoms. The molecule has 0 aromatic heterocycles. The van der Waals surface area contributed by atoms with Crippen LogP contribution in [0.4, 0.5) is 0 Å². The minimum Gasteiger partial charge on any atom is -0.481 e. The summed E-state index contributed by atoms with van der Waals surface area (Å²) in [7, 11) is 0. The van der Waals surface area contributed by atoms with E-state index >= 15 is 0 Å². The molecule has 0 spiro atoms. The number of benzene rings is 1. The Hall–Kier alpha value is -1.39. The summed E-state index contributed by atoms with van der Waals surface area (Å²) in [5.41, 5.74) is 0.808. The predicted octanol–water partition coefficient (Wildman–Crippen LogP) is 1.71. The highest BCUT2D eigenvalue weighted by molar-refractivity contribution is 5.66. The number of nitrogens with zero attached hydrogens (tertiary/aromatic N) is 1. The van der Waals surface area contributed by atoms with E-state index in [4.69, 9.17) is 9.84 Å². The first-order valence-corrected chi connectivity index (χ1v) is 6.24. The lowest BCUT2D eigenvalue weighted by Crippen LogP contribution is -2.48. The summed E-state index contributed by atoms with van der Waals surface area (Å²) in [6, 6.07) is 10.1. The van der Waals surface area contributed by atoms with Crippen LogP contribution in [0.1, 0.15) is 18.9 Å². The molecular weight excluding hydrogens is 230 g/mol. The van der Waals surface area contributed by atoms with Gasteiger partial charge in [-0.1, -0.05) is 30.3 Å². The van der Waals surface area contributed by atoms with Gasteiger partial charge in [0, 0.05) is 19.6 Å². The molecule has 18 heavy (non-hydrogen) atoms. The minimum atomic E-state index is -0.747. The first kappa shape index (κ1) is 13.1. The van der Waals surface area contributed by atoms with Gasteiger partial charge in [0.05, 0.1) is 13.0 Å². The van der Waals surface area contributed by atoms with E-state index in [1.54, 1.807) is 0 Å². The van der Waals surface area contributed by atoms with Crippen molar-refractivity contribution in [3.8, 4) is 0 Å². The molecule has 1 heterocycles. The van der Waals surface area contributed by atoms with Crippen LogP contribution < -0.4 is 0 Å². The van der Waals surface area contributed by atoms with Crippen LogP contribution in [0.25, 0.3) is 0 Å². The average Bonchev–Trinajstić information content (AvgIpc) is 2.38. The third kappa shape index (κ3) is 3.09. The zero-order valence-electron chi connectivity index (χ0n) is 10.6. The summed E-state index contributed by atoms with van der Waals surface area (Å²) in [6.45, 7) is 4.83. The summed E-state index contributed by atoms with van der Waals surface area (Å²) in [5.74, 6) is -0.747. The van der Waals surface area contributed by atoms with E-state index in [1.807, 2.05) is 18.2 Å². The monoisotopic (exact) mass is 249 g/mol. The highest BCUT2D eigenvalue weighted by Crippen LogP contribution is 2.29. The molecule has 2 rings (SSSR count). The van der Waals surface area contributed by atoms with Gasteiger partial charge in [-0.15, -0.1) is 0 Å². The molecule has 1 atom stereocenters. The van der Waals surface area contributed by atoms with E-state index in [0.717, 1.165) is 18.7 Å². The third-order valence-electron chi connectivity index (χ3n) is 3.38. The van der Waals surface area contributed by atoms with Gasteiger partial charge >= 0.3 is 5.97 Å². The van der Waals surface area contributed by atoms with Gasteiger partial charge in [0.2, 0.25) is 0 Å².